The highest BCUT2D eigenvalue weighted by Gasteiger charge is 3.04. The van der Waals surface area contributed by atoms with E-state index in [1.165, 1.54) is 0 Å². The summed E-state index contributed by atoms with van der Waals surface area (Å²) in [7, 11) is 0. The van der Waals surface area contributed by atoms with E-state index < -0.39 is 35.4 Å². The van der Waals surface area contributed by atoms with Gasteiger partial charge in [-0.25, -0.2) is 0 Å². The van der Waals surface area contributed by atoms with Gasteiger partial charge in [0.1, 0.15) is 0 Å². The van der Waals surface area contributed by atoms with Crippen LogP contribution in [0.2, 0.25) is 0 Å². The summed E-state index contributed by atoms with van der Waals surface area (Å²) in [5.74, 6) is -16.2. The quantitative estimate of drug-likeness (QED) is 0.623. The van der Waals surface area contributed by atoms with Gasteiger partial charge < -0.3 is 0 Å². The van der Waals surface area contributed by atoms with Crippen molar-refractivity contribution in [3.05, 3.63) is 0 Å². The Morgan fingerprint density at radius 1 is 0.706 bits per heavy atom. The molecule has 1 fully saturated rings. The maximum absolute atomic E-state index is 12.5. The molecule has 0 amide bonds. The number of Topliss-reactive ketones (excluding diaryl/α,β-unsaturated/α-hetero) is 1. The molecule has 0 spiro atoms. The van der Waals surface area contributed by atoms with Gasteiger partial charge in [-0.3, -0.25) is 4.79 Å². The summed E-state index contributed by atoms with van der Waals surface area (Å²) in [4.78, 5) is 10.0. The lowest BCUT2D eigenvalue weighted by Crippen LogP contribution is -2.84. The Hall–Kier alpha value is -1.03. The van der Waals surface area contributed by atoms with Crippen molar-refractivity contribution in [3.63, 3.8) is 0 Å². The SMILES string of the molecule is O=C1C(F)(F)C(C(F)(F)F)(C(F)(F)F)C1(F)F. The highest BCUT2D eigenvalue weighted by Crippen LogP contribution is 2.73. The highest BCUT2D eigenvalue weighted by molar-refractivity contribution is 6.02. The predicted molar refractivity (Wildman–Crippen MR) is 29.4 cm³/mol. The molecule has 0 unspecified atom stereocenters. The first-order valence-electron chi connectivity index (χ1n) is 3.59. The zero-order valence-electron chi connectivity index (χ0n) is 7.19. The Kier molecular flexibility index (Phi) is 2.36. The number of carbonyl (C=O) groups excluding carboxylic acids is 1. The second-order valence-electron chi connectivity index (χ2n) is 3.22. The normalized spacial score (nSPS) is 26.6. The lowest BCUT2D eigenvalue weighted by molar-refractivity contribution is -0.465. The van der Waals surface area contributed by atoms with E-state index in [-0.39, 0.29) is 0 Å². The van der Waals surface area contributed by atoms with Gasteiger partial charge in [0.2, 0.25) is 0 Å². The molecule has 1 aliphatic carbocycles. The van der Waals surface area contributed by atoms with E-state index in [4.69, 9.17) is 0 Å². The van der Waals surface area contributed by atoms with Gasteiger partial charge in [0, 0.05) is 0 Å². The van der Waals surface area contributed by atoms with Crippen LogP contribution in [0.1, 0.15) is 0 Å². The third-order valence-electron chi connectivity index (χ3n) is 2.36. The van der Waals surface area contributed by atoms with Crippen molar-refractivity contribution in [1.82, 2.24) is 0 Å². The van der Waals surface area contributed by atoms with Gasteiger partial charge in [0.15, 0.2) is 0 Å². The molecule has 100 valence electrons. The molecule has 17 heavy (non-hydrogen) atoms. The minimum atomic E-state index is -7.02. The highest BCUT2D eigenvalue weighted by atomic mass is 19.4. The monoisotopic (exact) mass is 278 g/mol. The van der Waals surface area contributed by atoms with Gasteiger partial charge >= 0.3 is 29.6 Å². The van der Waals surface area contributed by atoms with E-state index in [1.807, 2.05) is 0 Å². The third-order valence-corrected chi connectivity index (χ3v) is 2.36. The first-order chi connectivity index (χ1) is 7.15. The summed E-state index contributed by atoms with van der Waals surface area (Å²) >= 11 is 0. The molecule has 0 aromatic carbocycles. The van der Waals surface area contributed by atoms with Crippen LogP contribution in [0, 0.1) is 5.41 Å². The number of hydrogen-bond acceptors (Lipinski definition) is 1. The lowest BCUT2D eigenvalue weighted by Gasteiger charge is -2.52. The molecule has 0 bridgehead atoms. The van der Waals surface area contributed by atoms with E-state index in [0.717, 1.165) is 0 Å². The molecule has 0 aromatic rings. The Bertz CT molecular complexity index is 326. The van der Waals surface area contributed by atoms with Crippen LogP contribution in [0.25, 0.3) is 0 Å². The Morgan fingerprint density at radius 2 is 0.941 bits per heavy atom. The molecule has 1 aliphatic rings. The van der Waals surface area contributed by atoms with Crippen molar-refractivity contribution in [2.75, 3.05) is 0 Å². The van der Waals surface area contributed by atoms with Crippen LogP contribution >= 0.6 is 0 Å². The van der Waals surface area contributed by atoms with E-state index >= 15 is 0 Å². The van der Waals surface area contributed by atoms with Gasteiger partial charge in [-0.2, -0.15) is 43.9 Å². The smallest absolute Gasteiger partial charge is 0.286 e. The van der Waals surface area contributed by atoms with Crippen molar-refractivity contribution in [1.29, 1.82) is 0 Å². The number of rotatable bonds is 0. The molecule has 0 radical (unpaired) electrons. The van der Waals surface area contributed by atoms with Gasteiger partial charge in [-0.05, 0) is 0 Å². The van der Waals surface area contributed by atoms with Gasteiger partial charge in [-0.15, -0.1) is 0 Å². The summed E-state index contributed by atoms with van der Waals surface area (Å²) < 4.78 is 122. The summed E-state index contributed by atoms with van der Waals surface area (Å²) in [5.41, 5.74) is -6.66. The minimum absolute atomic E-state index is 3.69. The fourth-order valence-electron chi connectivity index (χ4n) is 1.55. The van der Waals surface area contributed by atoms with Crippen molar-refractivity contribution in [3.8, 4) is 0 Å². The van der Waals surface area contributed by atoms with Crippen LogP contribution in [0.4, 0.5) is 43.9 Å². The minimum Gasteiger partial charge on any atom is -0.286 e. The van der Waals surface area contributed by atoms with Crippen molar-refractivity contribution in [2.45, 2.75) is 24.2 Å². The van der Waals surface area contributed by atoms with E-state index in [9.17, 15) is 48.7 Å². The largest absolute Gasteiger partial charge is 0.416 e. The van der Waals surface area contributed by atoms with E-state index in [2.05, 4.69) is 0 Å². The molecule has 1 saturated carbocycles. The Morgan fingerprint density at radius 3 is 1.06 bits per heavy atom. The number of hydrogen-bond donors (Lipinski definition) is 0. The molecule has 0 heterocycles. The van der Waals surface area contributed by atoms with Gasteiger partial charge in [0.25, 0.3) is 5.78 Å². The topological polar surface area (TPSA) is 17.1 Å². The molecule has 0 atom stereocenters. The molecule has 0 N–H and O–H groups in total. The Balaban J connectivity index is 3.63. The summed E-state index contributed by atoms with van der Waals surface area (Å²) in [6.07, 6.45) is -14.0. The average molecular weight is 278 g/mol. The maximum Gasteiger partial charge on any atom is 0.416 e. The summed E-state index contributed by atoms with van der Waals surface area (Å²) in [6, 6.07) is 0. The average Bonchev–Trinajstić information content (AvgIpc) is 1.95. The van der Waals surface area contributed by atoms with Crippen molar-refractivity contribution in [2.24, 2.45) is 5.41 Å². The second kappa shape index (κ2) is 2.86. The molecule has 0 saturated heterocycles. The number of halogens is 10. The molecular formula is C6F10O. The van der Waals surface area contributed by atoms with Crippen molar-refractivity contribution >= 4 is 5.78 Å². The molecular weight excluding hydrogens is 278 g/mol. The zero-order valence-corrected chi connectivity index (χ0v) is 7.19. The lowest BCUT2D eigenvalue weighted by atomic mass is 9.59. The molecule has 1 rings (SSSR count). The van der Waals surface area contributed by atoms with Crippen LogP contribution in [-0.2, 0) is 4.79 Å². The van der Waals surface area contributed by atoms with Crippen LogP contribution in [-0.4, -0.2) is 30.0 Å². The summed E-state index contributed by atoms with van der Waals surface area (Å²) in [5, 5.41) is 0. The molecule has 0 aliphatic heterocycles. The second-order valence-corrected chi connectivity index (χ2v) is 3.22. The maximum atomic E-state index is 12.5. The number of ketones is 1. The van der Waals surface area contributed by atoms with Gasteiger partial charge in [-0.1, -0.05) is 0 Å². The van der Waals surface area contributed by atoms with E-state index in [0.29, 0.717) is 0 Å². The standard InChI is InChI=1S/C6F10O/c7-2(8)1(17)3(9,10)4(2,5(11,12)13)6(14,15)16. The van der Waals surface area contributed by atoms with Crippen LogP contribution in [0.15, 0.2) is 0 Å². The number of carbonyl (C=O) groups is 1. The zero-order chi connectivity index (χ0) is 14.1. The Labute approximate surface area is 85.4 Å². The number of alkyl halides is 10. The molecule has 0 aromatic heterocycles. The summed E-state index contributed by atoms with van der Waals surface area (Å²) in [6.45, 7) is 0. The van der Waals surface area contributed by atoms with Crippen LogP contribution < -0.4 is 0 Å². The van der Waals surface area contributed by atoms with Gasteiger partial charge in [0.05, 0.1) is 0 Å². The predicted octanol–water partition coefficient (Wildman–Crippen LogP) is 2.95. The molecule has 11 heteroatoms. The fourth-order valence-corrected chi connectivity index (χ4v) is 1.55. The van der Waals surface area contributed by atoms with Crippen molar-refractivity contribution < 1.29 is 48.7 Å². The fraction of sp³-hybridized carbons (Fsp3) is 0.833. The third kappa shape index (κ3) is 1.14. The van der Waals surface area contributed by atoms with Crippen LogP contribution in [0.5, 0.6) is 0 Å². The molecule has 1 nitrogen and oxygen atoms in total. The first kappa shape index (κ1) is 14.0. The van der Waals surface area contributed by atoms with Crippen LogP contribution in [0.3, 0.4) is 0 Å². The first-order valence-corrected chi connectivity index (χ1v) is 3.59. The van der Waals surface area contributed by atoms with E-state index in [1.54, 1.807) is 0 Å².